The van der Waals surface area contributed by atoms with Gasteiger partial charge in [0.15, 0.2) is 5.78 Å². The monoisotopic (exact) mass is 166 g/mol. The Kier molecular flexibility index (Phi) is 3.07. The van der Waals surface area contributed by atoms with Gasteiger partial charge in [-0.25, -0.2) is 0 Å². The molecule has 1 rings (SSSR count). The zero-order valence-electron chi connectivity index (χ0n) is 8.26. The van der Waals surface area contributed by atoms with Crippen molar-refractivity contribution in [2.24, 2.45) is 11.8 Å². The van der Waals surface area contributed by atoms with Crippen molar-refractivity contribution in [3.05, 3.63) is 11.6 Å². The third-order valence-electron chi connectivity index (χ3n) is 2.48. The van der Waals surface area contributed by atoms with Crippen LogP contribution >= 0.6 is 0 Å². The van der Waals surface area contributed by atoms with E-state index in [-0.39, 0.29) is 0 Å². The summed E-state index contributed by atoms with van der Waals surface area (Å²) in [5, 5.41) is 0. The Hall–Kier alpha value is -0.590. The molecule has 0 bridgehead atoms. The number of carbonyl (C=O) groups is 1. The van der Waals surface area contributed by atoms with E-state index in [0.717, 1.165) is 24.8 Å². The second-order valence-electron chi connectivity index (χ2n) is 4.16. The molecule has 68 valence electrons. The molecule has 0 aliphatic heterocycles. The second kappa shape index (κ2) is 3.88. The smallest absolute Gasteiger partial charge is 0.161 e. The van der Waals surface area contributed by atoms with Gasteiger partial charge in [-0.3, -0.25) is 4.79 Å². The molecule has 0 fully saturated rings. The minimum atomic E-state index is 0.315. The minimum Gasteiger partial charge on any atom is -0.294 e. The third kappa shape index (κ3) is 2.20. The highest BCUT2D eigenvalue weighted by atomic mass is 16.1. The Labute approximate surface area is 74.9 Å². The molecule has 0 heterocycles. The molecule has 0 spiro atoms. The molecule has 1 aliphatic carbocycles. The molecule has 0 radical (unpaired) electrons. The standard InChI is InChI=1S/C11H18O/c1-8(2)7-10-6-4-5-9(3)11(10)12/h5,8,10H,4,6-7H2,1-3H3. The fourth-order valence-corrected chi connectivity index (χ4v) is 1.85. The molecule has 0 saturated carbocycles. The van der Waals surface area contributed by atoms with Gasteiger partial charge in [-0.1, -0.05) is 19.9 Å². The van der Waals surface area contributed by atoms with Crippen molar-refractivity contribution in [1.82, 2.24) is 0 Å². The van der Waals surface area contributed by atoms with Crippen molar-refractivity contribution >= 4 is 5.78 Å². The van der Waals surface area contributed by atoms with E-state index in [0.29, 0.717) is 17.6 Å². The van der Waals surface area contributed by atoms with Crippen LogP contribution in [0, 0.1) is 11.8 Å². The lowest BCUT2D eigenvalue weighted by molar-refractivity contribution is -0.120. The van der Waals surface area contributed by atoms with Crippen molar-refractivity contribution in [2.75, 3.05) is 0 Å². The highest BCUT2D eigenvalue weighted by Crippen LogP contribution is 2.25. The van der Waals surface area contributed by atoms with Crippen LogP contribution in [0.3, 0.4) is 0 Å². The fourth-order valence-electron chi connectivity index (χ4n) is 1.85. The van der Waals surface area contributed by atoms with Crippen molar-refractivity contribution in [1.29, 1.82) is 0 Å². The summed E-state index contributed by atoms with van der Waals surface area (Å²) in [5.41, 5.74) is 0.979. The number of Topliss-reactive ketones (excluding diaryl/α,β-unsaturated/α-hetero) is 1. The maximum Gasteiger partial charge on any atom is 0.161 e. The number of hydrogen-bond donors (Lipinski definition) is 0. The van der Waals surface area contributed by atoms with Crippen LogP contribution in [0.25, 0.3) is 0 Å². The van der Waals surface area contributed by atoms with E-state index < -0.39 is 0 Å². The van der Waals surface area contributed by atoms with Gasteiger partial charge in [0.1, 0.15) is 0 Å². The van der Waals surface area contributed by atoms with Crippen molar-refractivity contribution in [3.63, 3.8) is 0 Å². The SMILES string of the molecule is CC1=CCCC(CC(C)C)C1=O. The first kappa shape index (κ1) is 9.50. The average molecular weight is 166 g/mol. The summed E-state index contributed by atoms with van der Waals surface area (Å²) in [5.74, 6) is 1.34. The maximum absolute atomic E-state index is 11.6. The third-order valence-corrected chi connectivity index (χ3v) is 2.48. The average Bonchev–Trinajstić information content (AvgIpc) is 1.98. The normalized spacial score (nSPS) is 24.5. The number of ketones is 1. The van der Waals surface area contributed by atoms with Crippen LogP contribution in [0.1, 0.15) is 40.0 Å². The van der Waals surface area contributed by atoms with Crippen LogP contribution in [0.2, 0.25) is 0 Å². The first-order chi connectivity index (χ1) is 5.61. The van der Waals surface area contributed by atoms with Gasteiger partial charge in [-0.15, -0.1) is 0 Å². The quantitative estimate of drug-likeness (QED) is 0.616. The Morgan fingerprint density at radius 3 is 2.83 bits per heavy atom. The predicted octanol–water partition coefficient (Wildman–Crippen LogP) is 2.96. The van der Waals surface area contributed by atoms with Gasteiger partial charge in [0.25, 0.3) is 0 Å². The maximum atomic E-state index is 11.6. The highest BCUT2D eigenvalue weighted by molar-refractivity contribution is 5.97. The lowest BCUT2D eigenvalue weighted by Crippen LogP contribution is -2.20. The van der Waals surface area contributed by atoms with Gasteiger partial charge in [0, 0.05) is 5.92 Å². The Balaban J connectivity index is 2.57. The molecule has 0 N–H and O–H groups in total. The van der Waals surface area contributed by atoms with E-state index in [1.807, 2.05) is 6.92 Å². The summed E-state index contributed by atoms with van der Waals surface area (Å²) in [6, 6.07) is 0. The van der Waals surface area contributed by atoms with Crippen molar-refractivity contribution in [3.8, 4) is 0 Å². The van der Waals surface area contributed by atoms with Gasteiger partial charge in [-0.2, -0.15) is 0 Å². The molecule has 0 aromatic rings. The van der Waals surface area contributed by atoms with Crippen LogP contribution in [0.5, 0.6) is 0 Å². The number of carbonyl (C=O) groups excluding carboxylic acids is 1. The summed E-state index contributed by atoms with van der Waals surface area (Å²) < 4.78 is 0. The molecule has 1 unspecified atom stereocenters. The minimum absolute atomic E-state index is 0.315. The van der Waals surface area contributed by atoms with Crippen LogP contribution in [0.4, 0.5) is 0 Å². The molecule has 0 aromatic heterocycles. The predicted molar refractivity (Wildman–Crippen MR) is 50.9 cm³/mol. The summed E-state index contributed by atoms with van der Waals surface area (Å²) in [6.07, 6.45) is 5.28. The summed E-state index contributed by atoms with van der Waals surface area (Å²) >= 11 is 0. The largest absolute Gasteiger partial charge is 0.294 e. The zero-order chi connectivity index (χ0) is 9.14. The summed E-state index contributed by atoms with van der Waals surface area (Å²) in [6.45, 7) is 6.30. The topological polar surface area (TPSA) is 17.1 Å². The number of rotatable bonds is 2. The molecule has 0 amide bonds. The van der Waals surface area contributed by atoms with Crippen LogP contribution in [0.15, 0.2) is 11.6 Å². The first-order valence-corrected chi connectivity index (χ1v) is 4.82. The van der Waals surface area contributed by atoms with E-state index in [9.17, 15) is 4.79 Å². The lowest BCUT2D eigenvalue weighted by atomic mass is 9.83. The van der Waals surface area contributed by atoms with Gasteiger partial charge >= 0.3 is 0 Å². The Morgan fingerprint density at radius 1 is 1.58 bits per heavy atom. The van der Waals surface area contributed by atoms with Gasteiger partial charge in [0.05, 0.1) is 0 Å². The van der Waals surface area contributed by atoms with E-state index in [1.165, 1.54) is 0 Å². The summed E-state index contributed by atoms with van der Waals surface area (Å²) in [7, 11) is 0. The van der Waals surface area contributed by atoms with Crippen LogP contribution in [-0.2, 0) is 4.79 Å². The van der Waals surface area contributed by atoms with Crippen LogP contribution in [-0.4, -0.2) is 5.78 Å². The molecule has 1 aliphatic rings. The molecule has 1 nitrogen and oxygen atoms in total. The van der Waals surface area contributed by atoms with Crippen LogP contribution < -0.4 is 0 Å². The Bertz CT molecular complexity index is 201. The van der Waals surface area contributed by atoms with Gasteiger partial charge in [0.2, 0.25) is 0 Å². The Morgan fingerprint density at radius 2 is 2.25 bits per heavy atom. The molecule has 12 heavy (non-hydrogen) atoms. The van der Waals surface area contributed by atoms with E-state index in [1.54, 1.807) is 0 Å². The molecule has 0 aromatic carbocycles. The molecular weight excluding hydrogens is 148 g/mol. The highest BCUT2D eigenvalue weighted by Gasteiger charge is 2.22. The zero-order valence-corrected chi connectivity index (χ0v) is 8.26. The fraction of sp³-hybridized carbons (Fsp3) is 0.727. The van der Waals surface area contributed by atoms with Crippen molar-refractivity contribution in [2.45, 2.75) is 40.0 Å². The molecule has 0 saturated heterocycles. The number of hydrogen-bond acceptors (Lipinski definition) is 1. The van der Waals surface area contributed by atoms with E-state index in [4.69, 9.17) is 0 Å². The summed E-state index contributed by atoms with van der Waals surface area (Å²) in [4.78, 5) is 11.6. The van der Waals surface area contributed by atoms with E-state index in [2.05, 4.69) is 19.9 Å². The van der Waals surface area contributed by atoms with Crippen molar-refractivity contribution < 1.29 is 4.79 Å². The lowest BCUT2D eigenvalue weighted by Gasteiger charge is -2.21. The molecule has 1 heteroatoms. The number of allylic oxidation sites excluding steroid dienone is 2. The van der Waals surface area contributed by atoms with Gasteiger partial charge < -0.3 is 0 Å². The molecule has 1 atom stereocenters. The second-order valence-corrected chi connectivity index (χ2v) is 4.16. The first-order valence-electron chi connectivity index (χ1n) is 4.82. The van der Waals surface area contributed by atoms with Gasteiger partial charge in [-0.05, 0) is 37.7 Å². The molecular formula is C11H18O. The van der Waals surface area contributed by atoms with E-state index >= 15 is 0 Å².